The largest absolute Gasteiger partial charge is 0.379 e. The molecule has 2 heterocycles. The molecular formula is C13H25N5O2. The zero-order valence-corrected chi connectivity index (χ0v) is 12.4. The quantitative estimate of drug-likeness (QED) is 0.498. The highest BCUT2D eigenvalue weighted by atomic mass is 16.5. The minimum Gasteiger partial charge on any atom is -0.379 e. The van der Waals surface area contributed by atoms with Crippen molar-refractivity contribution < 1.29 is 9.53 Å². The van der Waals surface area contributed by atoms with E-state index in [9.17, 15) is 4.79 Å². The van der Waals surface area contributed by atoms with E-state index >= 15 is 0 Å². The summed E-state index contributed by atoms with van der Waals surface area (Å²) in [5, 5.41) is 5.70. The van der Waals surface area contributed by atoms with Crippen molar-refractivity contribution in [1.82, 2.24) is 20.4 Å². The Balaban J connectivity index is 1.82. The van der Waals surface area contributed by atoms with Crippen molar-refractivity contribution in [1.29, 1.82) is 0 Å². The van der Waals surface area contributed by atoms with Crippen LogP contribution < -0.4 is 10.6 Å². The number of ether oxygens (including phenoxy) is 1. The number of carbonyl (C=O) groups is 1. The van der Waals surface area contributed by atoms with E-state index in [1.165, 1.54) is 0 Å². The molecule has 20 heavy (non-hydrogen) atoms. The van der Waals surface area contributed by atoms with Crippen LogP contribution in [0.4, 0.5) is 0 Å². The van der Waals surface area contributed by atoms with Gasteiger partial charge in [0.05, 0.1) is 19.8 Å². The maximum atomic E-state index is 11.3. The average Bonchev–Trinajstić information content (AvgIpc) is 2.98. The van der Waals surface area contributed by atoms with E-state index in [-0.39, 0.29) is 12.5 Å². The van der Waals surface area contributed by atoms with Crippen LogP contribution in [0.25, 0.3) is 0 Å². The molecule has 2 aliphatic rings. The van der Waals surface area contributed by atoms with Gasteiger partial charge in [-0.05, 0) is 6.42 Å². The molecule has 0 aromatic rings. The van der Waals surface area contributed by atoms with Crippen molar-refractivity contribution in [3.05, 3.63) is 0 Å². The van der Waals surface area contributed by atoms with E-state index in [4.69, 9.17) is 4.74 Å². The van der Waals surface area contributed by atoms with E-state index in [2.05, 4.69) is 25.4 Å². The van der Waals surface area contributed by atoms with Gasteiger partial charge in [-0.1, -0.05) is 0 Å². The standard InChI is InChI=1S/C13H25N5O2/c1-14-12(19)9-16-13(15-2)18-4-3-11(10-18)17-5-7-20-8-6-17/h11H,3-10H2,1-2H3,(H,14,19)(H,15,16). The lowest BCUT2D eigenvalue weighted by molar-refractivity contribution is -0.119. The normalized spacial score (nSPS) is 24.8. The highest BCUT2D eigenvalue weighted by Gasteiger charge is 2.30. The van der Waals surface area contributed by atoms with Gasteiger partial charge in [-0.25, -0.2) is 0 Å². The number of carbonyl (C=O) groups excluding carboxylic acids is 1. The Bertz CT molecular complexity index is 355. The Morgan fingerprint density at radius 2 is 2.10 bits per heavy atom. The van der Waals surface area contributed by atoms with Gasteiger partial charge in [0.15, 0.2) is 5.96 Å². The molecule has 114 valence electrons. The summed E-state index contributed by atoms with van der Waals surface area (Å²) in [6.45, 7) is 5.91. The third-order valence-electron chi connectivity index (χ3n) is 3.92. The van der Waals surface area contributed by atoms with Gasteiger partial charge in [-0.15, -0.1) is 0 Å². The van der Waals surface area contributed by atoms with Crippen LogP contribution in [-0.4, -0.2) is 87.7 Å². The Morgan fingerprint density at radius 1 is 1.35 bits per heavy atom. The zero-order chi connectivity index (χ0) is 14.4. The number of hydrogen-bond acceptors (Lipinski definition) is 4. The highest BCUT2D eigenvalue weighted by Crippen LogP contribution is 2.16. The smallest absolute Gasteiger partial charge is 0.239 e. The number of aliphatic imine (C=N–C) groups is 1. The Morgan fingerprint density at radius 3 is 2.75 bits per heavy atom. The van der Waals surface area contributed by atoms with E-state index in [0.717, 1.165) is 51.8 Å². The van der Waals surface area contributed by atoms with Crippen molar-refractivity contribution in [2.45, 2.75) is 12.5 Å². The molecule has 1 atom stereocenters. The first-order valence-corrected chi connectivity index (χ1v) is 7.22. The second-order valence-corrected chi connectivity index (χ2v) is 5.11. The maximum Gasteiger partial charge on any atom is 0.239 e. The van der Waals surface area contributed by atoms with E-state index < -0.39 is 0 Å². The van der Waals surface area contributed by atoms with Crippen LogP contribution in [0.15, 0.2) is 4.99 Å². The molecule has 0 bridgehead atoms. The molecule has 2 saturated heterocycles. The highest BCUT2D eigenvalue weighted by molar-refractivity contribution is 5.86. The summed E-state index contributed by atoms with van der Waals surface area (Å²) in [6, 6.07) is 0.567. The summed E-state index contributed by atoms with van der Waals surface area (Å²) >= 11 is 0. The molecule has 7 heteroatoms. The van der Waals surface area contributed by atoms with Crippen LogP contribution in [0, 0.1) is 0 Å². The molecule has 2 N–H and O–H groups in total. The molecule has 0 spiro atoms. The lowest BCUT2D eigenvalue weighted by Gasteiger charge is -2.32. The van der Waals surface area contributed by atoms with Crippen molar-refractivity contribution in [3.63, 3.8) is 0 Å². The zero-order valence-electron chi connectivity index (χ0n) is 12.4. The van der Waals surface area contributed by atoms with E-state index in [1.54, 1.807) is 14.1 Å². The summed E-state index contributed by atoms with van der Waals surface area (Å²) < 4.78 is 5.40. The molecule has 7 nitrogen and oxygen atoms in total. The topological polar surface area (TPSA) is 69.2 Å². The van der Waals surface area contributed by atoms with Crippen LogP contribution in [0.2, 0.25) is 0 Å². The number of nitrogens with zero attached hydrogens (tertiary/aromatic N) is 3. The maximum absolute atomic E-state index is 11.3. The van der Waals surface area contributed by atoms with Gasteiger partial charge < -0.3 is 20.3 Å². The second-order valence-electron chi connectivity index (χ2n) is 5.11. The number of nitrogens with one attached hydrogen (secondary N) is 2. The van der Waals surface area contributed by atoms with Gasteiger partial charge in [0.1, 0.15) is 0 Å². The third-order valence-corrected chi connectivity index (χ3v) is 3.92. The van der Waals surface area contributed by atoms with Crippen molar-refractivity contribution >= 4 is 11.9 Å². The second kappa shape index (κ2) is 7.44. The molecule has 0 aromatic heterocycles. The first-order chi connectivity index (χ1) is 9.74. The average molecular weight is 283 g/mol. The summed E-state index contributed by atoms with van der Waals surface area (Å²) in [5.41, 5.74) is 0. The molecule has 0 aliphatic carbocycles. The van der Waals surface area contributed by atoms with Gasteiger partial charge in [0.25, 0.3) is 0 Å². The van der Waals surface area contributed by atoms with Gasteiger partial charge in [0.2, 0.25) is 5.91 Å². The van der Waals surface area contributed by atoms with Gasteiger partial charge in [0, 0.05) is 46.3 Å². The summed E-state index contributed by atoms with van der Waals surface area (Å²) in [6.07, 6.45) is 1.14. The molecule has 1 unspecified atom stereocenters. The lowest BCUT2D eigenvalue weighted by Crippen LogP contribution is -2.47. The fourth-order valence-corrected chi connectivity index (χ4v) is 2.75. The van der Waals surface area contributed by atoms with Gasteiger partial charge in [-0.2, -0.15) is 0 Å². The molecule has 1 amide bonds. The number of rotatable bonds is 3. The SMILES string of the molecule is CN=C(NCC(=O)NC)N1CCC(N2CCOCC2)C1. The first-order valence-electron chi connectivity index (χ1n) is 7.22. The number of likely N-dealkylation sites (N-methyl/N-ethyl adjacent to an activating group) is 1. The van der Waals surface area contributed by atoms with Crippen LogP contribution in [0.5, 0.6) is 0 Å². The number of hydrogen-bond donors (Lipinski definition) is 2. The molecule has 2 rings (SSSR count). The fraction of sp³-hybridized carbons (Fsp3) is 0.846. The van der Waals surface area contributed by atoms with Crippen molar-refractivity contribution in [2.24, 2.45) is 4.99 Å². The predicted octanol–water partition coefficient (Wildman–Crippen LogP) is -1.29. The summed E-state index contributed by atoms with van der Waals surface area (Å²) in [7, 11) is 3.39. The Kier molecular flexibility index (Phi) is 5.60. The summed E-state index contributed by atoms with van der Waals surface area (Å²) in [5.74, 6) is 0.777. The minimum atomic E-state index is -0.0323. The van der Waals surface area contributed by atoms with E-state index in [1.807, 2.05) is 0 Å². The monoisotopic (exact) mass is 283 g/mol. The number of likely N-dealkylation sites (tertiary alicyclic amines) is 1. The summed E-state index contributed by atoms with van der Waals surface area (Å²) in [4.78, 5) is 20.3. The lowest BCUT2D eigenvalue weighted by atomic mass is 10.2. The van der Waals surface area contributed by atoms with Crippen LogP contribution in [0.1, 0.15) is 6.42 Å². The Hall–Kier alpha value is -1.34. The van der Waals surface area contributed by atoms with Crippen LogP contribution in [-0.2, 0) is 9.53 Å². The fourth-order valence-electron chi connectivity index (χ4n) is 2.75. The predicted molar refractivity (Wildman–Crippen MR) is 77.8 cm³/mol. The number of morpholine rings is 1. The molecule has 0 radical (unpaired) electrons. The van der Waals surface area contributed by atoms with Crippen molar-refractivity contribution in [2.75, 3.05) is 60.0 Å². The molecule has 2 aliphatic heterocycles. The van der Waals surface area contributed by atoms with Crippen LogP contribution >= 0.6 is 0 Å². The van der Waals surface area contributed by atoms with E-state index in [0.29, 0.717) is 6.04 Å². The minimum absolute atomic E-state index is 0.0323. The van der Waals surface area contributed by atoms with Gasteiger partial charge in [-0.3, -0.25) is 14.7 Å². The van der Waals surface area contributed by atoms with Crippen LogP contribution in [0.3, 0.4) is 0 Å². The molecular weight excluding hydrogens is 258 g/mol. The first kappa shape index (κ1) is 15.1. The molecule has 0 saturated carbocycles. The number of amides is 1. The molecule has 0 aromatic carbocycles. The third kappa shape index (κ3) is 3.83. The van der Waals surface area contributed by atoms with Gasteiger partial charge >= 0.3 is 0 Å². The number of guanidine groups is 1. The Labute approximate surface area is 120 Å². The molecule has 2 fully saturated rings. The van der Waals surface area contributed by atoms with Crippen molar-refractivity contribution in [3.8, 4) is 0 Å².